The van der Waals surface area contributed by atoms with Crippen LogP contribution >= 0.6 is 0 Å². The molecule has 0 saturated carbocycles. The molecule has 1 unspecified atom stereocenters. The molecular formula is C12H9F13O2. The van der Waals surface area contributed by atoms with Gasteiger partial charge in [-0.05, 0) is 19.9 Å². The number of esters is 1. The highest BCUT2D eigenvalue weighted by Gasteiger charge is 2.89. The Bertz CT molecular complexity index is 587. The van der Waals surface area contributed by atoms with Crippen LogP contribution in [0.1, 0.15) is 13.8 Å². The Balaban J connectivity index is 6.70. The monoisotopic (exact) mass is 432 g/mol. The molecule has 0 saturated heterocycles. The first-order valence-corrected chi connectivity index (χ1v) is 6.44. The molecule has 15 heteroatoms. The molecule has 0 rings (SSSR count). The van der Waals surface area contributed by atoms with Gasteiger partial charge in [0.25, 0.3) is 5.67 Å². The molecule has 0 aromatic carbocycles. The van der Waals surface area contributed by atoms with Crippen LogP contribution < -0.4 is 0 Å². The quantitative estimate of drug-likeness (QED) is 0.326. The van der Waals surface area contributed by atoms with Gasteiger partial charge < -0.3 is 4.74 Å². The second kappa shape index (κ2) is 7.04. The van der Waals surface area contributed by atoms with Crippen LogP contribution in [0.25, 0.3) is 0 Å². The summed E-state index contributed by atoms with van der Waals surface area (Å²) < 4.78 is 171. The Morgan fingerprint density at radius 3 is 1.44 bits per heavy atom. The lowest BCUT2D eigenvalue weighted by Crippen LogP contribution is -2.70. The number of carbonyl (C=O) groups excluding carboxylic acids is 1. The normalized spacial score (nSPS) is 17.5. The summed E-state index contributed by atoms with van der Waals surface area (Å²) in [6.07, 6.45) is -16.1. The van der Waals surface area contributed by atoms with E-state index in [1.54, 1.807) is 0 Å². The lowest BCUT2D eigenvalue weighted by molar-refractivity contribution is -0.425. The Morgan fingerprint density at radius 1 is 0.741 bits per heavy atom. The molecule has 0 N–H and O–H groups in total. The maximum absolute atomic E-state index is 14.0. The van der Waals surface area contributed by atoms with Crippen molar-refractivity contribution in [2.75, 3.05) is 6.61 Å². The van der Waals surface area contributed by atoms with Crippen molar-refractivity contribution in [2.24, 2.45) is 0 Å². The molecule has 0 aliphatic rings. The number of alkyl halides is 13. The van der Waals surface area contributed by atoms with Gasteiger partial charge in [0, 0.05) is 5.57 Å². The number of carbonyl (C=O) groups is 1. The predicted octanol–water partition coefficient (Wildman–Crippen LogP) is 5.23. The van der Waals surface area contributed by atoms with Crippen LogP contribution in [0.15, 0.2) is 11.6 Å². The van der Waals surface area contributed by atoms with Crippen molar-refractivity contribution >= 4 is 5.97 Å². The van der Waals surface area contributed by atoms with Gasteiger partial charge in [-0.25, -0.2) is 9.18 Å². The zero-order valence-electron chi connectivity index (χ0n) is 13.0. The van der Waals surface area contributed by atoms with Crippen molar-refractivity contribution in [3.63, 3.8) is 0 Å². The van der Waals surface area contributed by atoms with E-state index in [4.69, 9.17) is 0 Å². The summed E-state index contributed by atoms with van der Waals surface area (Å²) in [5, 5.41) is 0. The maximum Gasteiger partial charge on any atom is 0.460 e. The number of hydrogen-bond acceptors (Lipinski definition) is 2. The number of allylic oxidation sites excluding steroid dienone is 1. The van der Waals surface area contributed by atoms with Gasteiger partial charge in [-0.15, -0.1) is 0 Å². The van der Waals surface area contributed by atoms with Crippen molar-refractivity contribution in [1.82, 2.24) is 0 Å². The summed E-state index contributed by atoms with van der Waals surface area (Å²) in [5.41, 5.74) is -8.52. The molecule has 1 atom stereocenters. The maximum atomic E-state index is 14.0. The van der Waals surface area contributed by atoms with Crippen LogP contribution in [-0.2, 0) is 9.53 Å². The Hall–Kier alpha value is -1.70. The third-order valence-corrected chi connectivity index (χ3v) is 3.03. The molecule has 0 bridgehead atoms. The van der Waals surface area contributed by atoms with E-state index in [2.05, 4.69) is 4.74 Å². The van der Waals surface area contributed by atoms with Crippen LogP contribution in [0, 0.1) is 0 Å². The fourth-order valence-electron chi connectivity index (χ4n) is 1.56. The number of rotatable bonds is 6. The van der Waals surface area contributed by atoms with E-state index < -0.39 is 60.0 Å². The molecule has 0 aliphatic carbocycles. The van der Waals surface area contributed by atoms with Crippen LogP contribution in [0.5, 0.6) is 0 Å². The van der Waals surface area contributed by atoms with Gasteiger partial charge in [0.05, 0.1) is 6.61 Å². The minimum atomic E-state index is -7.89. The van der Waals surface area contributed by atoms with Crippen LogP contribution in [0.4, 0.5) is 57.1 Å². The summed E-state index contributed by atoms with van der Waals surface area (Å²) >= 11 is 0. The molecule has 160 valence electrons. The highest BCUT2D eigenvalue weighted by Crippen LogP contribution is 2.60. The fourth-order valence-corrected chi connectivity index (χ4v) is 1.56. The van der Waals surface area contributed by atoms with Crippen LogP contribution in [-0.4, -0.2) is 48.4 Å². The molecule has 0 fully saturated rings. The zero-order valence-corrected chi connectivity index (χ0v) is 13.0. The molecule has 0 aliphatic heterocycles. The first-order valence-electron chi connectivity index (χ1n) is 6.44. The fraction of sp³-hybridized carbons (Fsp3) is 0.750. The van der Waals surface area contributed by atoms with Crippen LogP contribution in [0.3, 0.4) is 0 Å². The minimum absolute atomic E-state index is 0.161. The Morgan fingerprint density at radius 2 is 1.15 bits per heavy atom. The van der Waals surface area contributed by atoms with Crippen molar-refractivity contribution in [1.29, 1.82) is 0 Å². The van der Waals surface area contributed by atoms with Gasteiger partial charge in [-0.1, -0.05) is 0 Å². The van der Waals surface area contributed by atoms with Crippen molar-refractivity contribution in [3.8, 4) is 0 Å². The summed E-state index contributed by atoms with van der Waals surface area (Å²) in [6.45, 7) is 0.604. The molecule has 0 radical (unpaired) electrons. The van der Waals surface area contributed by atoms with E-state index in [1.165, 1.54) is 0 Å². The second-order valence-electron chi connectivity index (χ2n) is 4.98. The first kappa shape index (κ1) is 25.3. The standard InChI is InChI=1S/C12H9F13O2/c1-3-27-6(26)5(2)4-7(13,11(20,21)22)8(14,15)9(16,17)10(18,19)12(23,24)25/h4H,3H2,1-2H3. The van der Waals surface area contributed by atoms with Gasteiger partial charge in [0.1, 0.15) is 0 Å². The molecular weight excluding hydrogens is 423 g/mol. The second-order valence-corrected chi connectivity index (χ2v) is 4.98. The summed E-state index contributed by atoms with van der Waals surface area (Å²) in [4.78, 5) is 11.1. The SMILES string of the molecule is CCOC(=O)C(C)=CC(F)(C(F)(F)F)C(F)(F)C(F)(F)C(F)(F)C(F)(F)F. The highest BCUT2D eigenvalue weighted by atomic mass is 19.4. The molecule has 0 aromatic heterocycles. The van der Waals surface area contributed by atoms with Crippen molar-refractivity contribution in [2.45, 2.75) is 49.6 Å². The predicted molar refractivity (Wildman–Crippen MR) is 61.2 cm³/mol. The highest BCUT2D eigenvalue weighted by molar-refractivity contribution is 5.88. The molecule has 27 heavy (non-hydrogen) atoms. The lowest BCUT2D eigenvalue weighted by Gasteiger charge is -2.40. The van der Waals surface area contributed by atoms with Crippen molar-refractivity contribution in [3.05, 3.63) is 11.6 Å². The van der Waals surface area contributed by atoms with E-state index in [-0.39, 0.29) is 6.92 Å². The van der Waals surface area contributed by atoms with Gasteiger partial charge in [-0.2, -0.15) is 52.7 Å². The lowest BCUT2D eigenvalue weighted by atomic mass is 9.86. The van der Waals surface area contributed by atoms with E-state index in [1.807, 2.05) is 0 Å². The third kappa shape index (κ3) is 3.95. The molecule has 0 amide bonds. The first-order chi connectivity index (χ1) is 11.6. The van der Waals surface area contributed by atoms with Crippen molar-refractivity contribution < 1.29 is 66.6 Å². The number of hydrogen-bond donors (Lipinski definition) is 0. The van der Waals surface area contributed by atoms with Gasteiger partial charge in [0.2, 0.25) is 0 Å². The Kier molecular flexibility index (Phi) is 6.59. The average molecular weight is 432 g/mol. The Labute approximate surface area is 141 Å². The smallest absolute Gasteiger partial charge is 0.460 e. The minimum Gasteiger partial charge on any atom is -0.463 e. The largest absolute Gasteiger partial charge is 0.463 e. The summed E-state index contributed by atoms with van der Waals surface area (Å²) in [6, 6.07) is 0. The van der Waals surface area contributed by atoms with Crippen LogP contribution in [0.2, 0.25) is 0 Å². The molecule has 0 spiro atoms. The van der Waals surface area contributed by atoms with E-state index in [0.29, 0.717) is 0 Å². The van der Waals surface area contributed by atoms with Gasteiger partial charge in [-0.3, -0.25) is 0 Å². The van der Waals surface area contributed by atoms with E-state index >= 15 is 0 Å². The third-order valence-electron chi connectivity index (χ3n) is 3.03. The van der Waals surface area contributed by atoms with E-state index in [0.717, 1.165) is 6.92 Å². The molecule has 2 nitrogen and oxygen atoms in total. The average Bonchev–Trinajstić information content (AvgIpc) is 2.44. The van der Waals surface area contributed by atoms with Gasteiger partial charge >= 0.3 is 36.1 Å². The zero-order chi connectivity index (χ0) is 22.3. The number of ether oxygens (including phenoxy) is 1. The molecule has 0 aromatic rings. The van der Waals surface area contributed by atoms with E-state index in [9.17, 15) is 61.9 Å². The summed E-state index contributed by atoms with van der Waals surface area (Å²) in [7, 11) is 0. The summed E-state index contributed by atoms with van der Waals surface area (Å²) in [5.74, 6) is -25.3. The number of halogens is 13. The topological polar surface area (TPSA) is 26.3 Å². The van der Waals surface area contributed by atoms with Gasteiger partial charge in [0.15, 0.2) is 0 Å². The molecule has 0 heterocycles.